The Hall–Kier alpha value is -1.15. The van der Waals surface area contributed by atoms with Gasteiger partial charge in [0.1, 0.15) is 0 Å². The number of nitrogens with zero attached hydrogens (tertiary/aromatic N) is 1. The Morgan fingerprint density at radius 2 is 2.17 bits per heavy atom. The number of hydrogen-bond donors (Lipinski definition) is 0. The highest BCUT2D eigenvalue weighted by Gasteiger charge is 2.25. The van der Waals surface area contributed by atoms with Crippen LogP contribution in [-0.4, -0.2) is 4.98 Å². The van der Waals surface area contributed by atoms with Crippen LogP contribution >= 0.6 is 11.3 Å². The number of fused-ring (bicyclic) bond motifs is 3. The molecule has 1 atom stereocenters. The smallest absolute Gasteiger partial charge is 0.0846 e. The predicted octanol–water partition coefficient (Wildman–Crippen LogP) is 5.03. The van der Waals surface area contributed by atoms with Crippen LogP contribution in [0.3, 0.4) is 0 Å². The third-order valence-electron chi connectivity index (χ3n) is 3.88. The van der Waals surface area contributed by atoms with Crippen molar-refractivity contribution in [2.24, 2.45) is 0 Å². The van der Waals surface area contributed by atoms with E-state index in [1.165, 1.54) is 53.8 Å². The van der Waals surface area contributed by atoms with Crippen LogP contribution in [0.5, 0.6) is 0 Å². The lowest BCUT2D eigenvalue weighted by atomic mass is 9.81. The van der Waals surface area contributed by atoms with E-state index in [1.807, 2.05) is 16.8 Å². The molecule has 0 amide bonds. The lowest BCUT2D eigenvalue weighted by molar-refractivity contribution is 0.562. The number of benzene rings is 1. The standard InChI is InChI=1S/C16H19NS/c1-2-3-4-7-12-10-15-16(17-11-18-15)14-9-6-5-8-13(12)14/h5-6,8-9,11-12H,2-4,7,10H2,1H3. The fraction of sp³-hybridized carbons (Fsp3) is 0.438. The molecule has 1 aromatic carbocycles. The molecule has 0 fully saturated rings. The van der Waals surface area contributed by atoms with E-state index in [0.29, 0.717) is 5.92 Å². The van der Waals surface area contributed by atoms with Crippen LogP contribution in [0.15, 0.2) is 29.8 Å². The van der Waals surface area contributed by atoms with Gasteiger partial charge in [0.2, 0.25) is 0 Å². The molecule has 1 unspecified atom stereocenters. The van der Waals surface area contributed by atoms with Crippen LogP contribution in [0, 0.1) is 0 Å². The van der Waals surface area contributed by atoms with Crippen molar-refractivity contribution in [3.8, 4) is 11.3 Å². The monoisotopic (exact) mass is 257 g/mol. The quantitative estimate of drug-likeness (QED) is 0.700. The summed E-state index contributed by atoms with van der Waals surface area (Å²) in [6.07, 6.45) is 6.53. The Kier molecular flexibility index (Phi) is 3.46. The molecule has 3 rings (SSSR count). The predicted molar refractivity (Wildman–Crippen MR) is 78.1 cm³/mol. The van der Waals surface area contributed by atoms with Gasteiger partial charge >= 0.3 is 0 Å². The molecule has 1 heterocycles. The fourth-order valence-corrected chi connectivity index (χ4v) is 3.79. The molecule has 94 valence electrons. The van der Waals surface area contributed by atoms with Gasteiger partial charge in [-0.15, -0.1) is 11.3 Å². The Labute approximate surface area is 113 Å². The van der Waals surface area contributed by atoms with E-state index in [4.69, 9.17) is 0 Å². The van der Waals surface area contributed by atoms with Crippen LogP contribution in [0.2, 0.25) is 0 Å². The largest absolute Gasteiger partial charge is 0.244 e. The minimum Gasteiger partial charge on any atom is -0.244 e. The van der Waals surface area contributed by atoms with Gasteiger partial charge in [-0.05, 0) is 24.3 Å². The lowest BCUT2D eigenvalue weighted by Crippen LogP contribution is -2.10. The highest BCUT2D eigenvalue weighted by Crippen LogP contribution is 2.42. The molecule has 0 spiro atoms. The summed E-state index contributed by atoms with van der Waals surface area (Å²) >= 11 is 1.82. The molecule has 0 N–H and O–H groups in total. The molecule has 1 aliphatic carbocycles. The first-order chi connectivity index (χ1) is 8.90. The first kappa shape index (κ1) is 11.9. The SMILES string of the molecule is CCCCCC1Cc2scnc2-c2ccccc21. The van der Waals surface area contributed by atoms with Crippen molar-refractivity contribution in [3.63, 3.8) is 0 Å². The van der Waals surface area contributed by atoms with Gasteiger partial charge in [-0.3, -0.25) is 0 Å². The summed E-state index contributed by atoms with van der Waals surface area (Å²) in [6, 6.07) is 8.84. The fourth-order valence-electron chi connectivity index (χ4n) is 2.94. The van der Waals surface area contributed by atoms with Gasteiger partial charge in [0.15, 0.2) is 0 Å². The summed E-state index contributed by atoms with van der Waals surface area (Å²) in [7, 11) is 0. The van der Waals surface area contributed by atoms with Gasteiger partial charge in [0, 0.05) is 10.4 Å². The molecule has 0 saturated carbocycles. The van der Waals surface area contributed by atoms with Crippen molar-refractivity contribution in [3.05, 3.63) is 40.2 Å². The van der Waals surface area contributed by atoms with Crippen molar-refractivity contribution >= 4 is 11.3 Å². The van der Waals surface area contributed by atoms with Crippen molar-refractivity contribution in [2.45, 2.75) is 44.9 Å². The van der Waals surface area contributed by atoms with Crippen molar-refractivity contribution < 1.29 is 0 Å². The zero-order valence-corrected chi connectivity index (χ0v) is 11.7. The van der Waals surface area contributed by atoms with Gasteiger partial charge in [0.25, 0.3) is 0 Å². The Morgan fingerprint density at radius 1 is 1.28 bits per heavy atom. The van der Waals surface area contributed by atoms with Crippen LogP contribution in [0.1, 0.15) is 49.0 Å². The topological polar surface area (TPSA) is 12.9 Å². The van der Waals surface area contributed by atoms with Crippen LogP contribution in [0.25, 0.3) is 11.3 Å². The number of rotatable bonds is 4. The summed E-state index contributed by atoms with van der Waals surface area (Å²) in [4.78, 5) is 6.03. The molecule has 18 heavy (non-hydrogen) atoms. The molecule has 1 aliphatic rings. The van der Waals surface area contributed by atoms with E-state index < -0.39 is 0 Å². The molecule has 0 saturated heterocycles. The maximum absolute atomic E-state index is 4.55. The minimum atomic E-state index is 0.709. The molecule has 0 bridgehead atoms. The second-order valence-electron chi connectivity index (χ2n) is 5.11. The number of unbranched alkanes of at least 4 members (excludes halogenated alkanes) is 2. The van der Waals surface area contributed by atoms with Crippen molar-refractivity contribution in [2.75, 3.05) is 0 Å². The number of hydrogen-bond acceptors (Lipinski definition) is 2. The van der Waals surface area contributed by atoms with Gasteiger partial charge in [-0.25, -0.2) is 4.98 Å². The second-order valence-corrected chi connectivity index (χ2v) is 6.05. The highest BCUT2D eigenvalue weighted by atomic mass is 32.1. The Morgan fingerprint density at radius 3 is 3.06 bits per heavy atom. The second kappa shape index (κ2) is 5.23. The van der Waals surface area contributed by atoms with Crippen LogP contribution in [0.4, 0.5) is 0 Å². The summed E-state index contributed by atoms with van der Waals surface area (Å²) in [5.74, 6) is 0.709. The van der Waals surface area contributed by atoms with Gasteiger partial charge in [-0.2, -0.15) is 0 Å². The van der Waals surface area contributed by atoms with Gasteiger partial charge < -0.3 is 0 Å². The van der Waals surface area contributed by atoms with Crippen molar-refractivity contribution in [1.82, 2.24) is 4.98 Å². The van der Waals surface area contributed by atoms with E-state index in [9.17, 15) is 0 Å². The van der Waals surface area contributed by atoms with E-state index in [-0.39, 0.29) is 0 Å². The molecule has 2 aromatic rings. The normalized spacial score (nSPS) is 17.3. The third-order valence-corrected chi connectivity index (χ3v) is 4.74. The van der Waals surface area contributed by atoms with Crippen LogP contribution < -0.4 is 0 Å². The summed E-state index contributed by atoms with van der Waals surface area (Å²) in [5, 5.41) is 0. The van der Waals surface area contributed by atoms with Gasteiger partial charge in [-0.1, -0.05) is 50.5 Å². The highest BCUT2D eigenvalue weighted by molar-refractivity contribution is 7.10. The van der Waals surface area contributed by atoms with Gasteiger partial charge in [0.05, 0.1) is 11.2 Å². The Bertz CT molecular complexity index is 529. The minimum absolute atomic E-state index is 0.709. The summed E-state index contributed by atoms with van der Waals surface area (Å²) in [6.45, 7) is 2.27. The zero-order valence-electron chi connectivity index (χ0n) is 10.9. The molecule has 0 radical (unpaired) electrons. The first-order valence-electron chi connectivity index (χ1n) is 6.91. The van der Waals surface area contributed by atoms with Crippen molar-refractivity contribution in [1.29, 1.82) is 0 Å². The lowest BCUT2D eigenvalue weighted by Gasteiger charge is -2.24. The third kappa shape index (κ3) is 2.10. The molecule has 0 aliphatic heterocycles. The van der Waals surface area contributed by atoms with Crippen LogP contribution in [-0.2, 0) is 6.42 Å². The number of aromatic nitrogens is 1. The molecule has 2 heteroatoms. The van der Waals surface area contributed by atoms with E-state index in [1.54, 1.807) is 0 Å². The maximum atomic E-state index is 4.55. The first-order valence-corrected chi connectivity index (χ1v) is 7.79. The molecule has 1 aromatic heterocycles. The zero-order chi connectivity index (χ0) is 12.4. The average molecular weight is 257 g/mol. The maximum Gasteiger partial charge on any atom is 0.0846 e. The summed E-state index contributed by atoms with van der Waals surface area (Å²) in [5.41, 5.74) is 6.13. The molecular weight excluding hydrogens is 238 g/mol. The van der Waals surface area contributed by atoms with E-state index in [2.05, 4.69) is 36.2 Å². The molecular formula is C16H19NS. The average Bonchev–Trinajstić information content (AvgIpc) is 2.87. The van der Waals surface area contributed by atoms with E-state index in [0.717, 1.165) is 0 Å². The van der Waals surface area contributed by atoms with E-state index >= 15 is 0 Å². The molecule has 1 nitrogen and oxygen atoms in total. The summed E-state index contributed by atoms with van der Waals surface area (Å²) < 4.78 is 0. The number of thiazole rings is 1. The Balaban J connectivity index is 1.91.